The van der Waals surface area contributed by atoms with Gasteiger partial charge < -0.3 is 15.6 Å². The van der Waals surface area contributed by atoms with E-state index in [-0.39, 0.29) is 35.5 Å². The highest BCUT2D eigenvalue weighted by atomic mass is 19.4. The second-order valence-electron chi connectivity index (χ2n) is 10.6. The Morgan fingerprint density at radius 1 is 1.06 bits per heavy atom. The molecule has 33 heavy (non-hydrogen) atoms. The van der Waals surface area contributed by atoms with Crippen molar-refractivity contribution in [3.8, 4) is 5.75 Å². The third kappa shape index (κ3) is 5.99. The fraction of sp³-hybridized carbons (Fsp3) is 0.577. The molecule has 1 unspecified atom stereocenters. The number of carbonyl (C=O) groups is 1. The summed E-state index contributed by atoms with van der Waals surface area (Å²) >= 11 is 0. The van der Waals surface area contributed by atoms with Gasteiger partial charge in [0.05, 0.1) is 6.10 Å². The van der Waals surface area contributed by atoms with Crippen molar-refractivity contribution in [2.75, 3.05) is 0 Å². The maximum absolute atomic E-state index is 14.1. The number of hydrogen-bond donors (Lipinski definition) is 2. The fourth-order valence-corrected chi connectivity index (χ4v) is 4.79. The largest absolute Gasteiger partial charge is 0.490 e. The van der Waals surface area contributed by atoms with Crippen molar-refractivity contribution in [2.24, 2.45) is 17.1 Å². The average molecular weight is 466 g/mol. The van der Waals surface area contributed by atoms with Gasteiger partial charge in [-0.05, 0) is 78.8 Å². The normalized spacial score (nSPS) is 21.6. The highest BCUT2D eigenvalue weighted by molar-refractivity contribution is 5.89. The van der Waals surface area contributed by atoms with Crippen LogP contribution in [0.25, 0.3) is 10.8 Å². The van der Waals surface area contributed by atoms with E-state index in [2.05, 4.69) is 20.8 Å². The minimum Gasteiger partial charge on any atom is -0.490 e. The molecule has 4 nitrogen and oxygen atoms in total. The van der Waals surface area contributed by atoms with Crippen molar-refractivity contribution in [1.29, 1.82) is 0 Å². The number of carboxylic acids is 1. The summed E-state index contributed by atoms with van der Waals surface area (Å²) in [7, 11) is 0. The van der Waals surface area contributed by atoms with Crippen LogP contribution in [0.5, 0.6) is 5.75 Å². The average Bonchev–Trinajstić information content (AvgIpc) is 2.70. The summed E-state index contributed by atoms with van der Waals surface area (Å²) in [5.74, 6) is -0.561. The summed E-state index contributed by atoms with van der Waals surface area (Å²) in [6.07, 6.45) is -1.38. The molecule has 1 aliphatic rings. The van der Waals surface area contributed by atoms with E-state index in [0.29, 0.717) is 16.9 Å². The summed E-state index contributed by atoms with van der Waals surface area (Å²) in [6, 6.07) is 7.61. The summed E-state index contributed by atoms with van der Waals surface area (Å²) in [5.41, 5.74) is 5.33. The number of aliphatic carboxylic acids is 1. The molecule has 182 valence electrons. The topological polar surface area (TPSA) is 72.6 Å². The Kier molecular flexibility index (Phi) is 7.04. The second-order valence-corrected chi connectivity index (χ2v) is 10.6. The van der Waals surface area contributed by atoms with Crippen LogP contribution in [-0.2, 0) is 16.5 Å². The molecule has 0 aliphatic heterocycles. The third-order valence-corrected chi connectivity index (χ3v) is 6.98. The minimum atomic E-state index is -4.58. The van der Waals surface area contributed by atoms with E-state index in [1.54, 1.807) is 25.1 Å². The van der Waals surface area contributed by atoms with Gasteiger partial charge in [0, 0.05) is 12.0 Å². The highest BCUT2D eigenvalue weighted by Gasteiger charge is 2.38. The second kappa shape index (κ2) is 9.16. The highest BCUT2D eigenvalue weighted by Crippen LogP contribution is 2.44. The van der Waals surface area contributed by atoms with Gasteiger partial charge in [0.15, 0.2) is 0 Å². The maximum atomic E-state index is 14.1. The van der Waals surface area contributed by atoms with Crippen molar-refractivity contribution < 1.29 is 27.8 Å². The van der Waals surface area contributed by atoms with E-state index in [0.717, 1.165) is 25.7 Å². The number of hydrogen-bond acceptors (Lipinski definition) is 3. The molecule has 0 saturated heterocycles. The van der Waals surface area contributed by atoms with Crippen LogP contribution in [0.4, 0.5) is 13.2 Å². The molecule has 1 saturated carbocycles. The number of halogens is 3. The molecule has 1 aliphatic carbocycles. The van der Waals surface area contributed by atoms with Crippen LogP contribution >= 0.6 is 0 Å². The molecule has 1 atom stereocenters. The number of fused-ring (bicyclic) bond motifs is 1. The van der Waals surface area contributed by atoms with Gasteiger partial charge >= 0.3 is 12.1 Å². The lowest BCUT2D eigenvalue weighted by Crippen LogP contribution is -2.33. The van der Waals surface area contributed by atoms with Crippen LogP contribution in [0.15, 0.2) is 30.3 Å². The van der Waals surface area contributed by atoms with Gasteiger partial charge in [-0.15, -0.1) is 0 Å². The summed E-state index contributed by atoms with van der Waals surface area (Å²) < 4.78 is 48.3. The summed E-state index contributed by atoms with van der Waals surface area (Å²) in [4.78, 5) is 10.9. The number of benzene rings is 2. The molecule has 3 N–H and O–H groups in total. The molecular weight excluding hydrogens is 431 g/mol. The molecule has 0 radical (unpaired) electrons. The van der Waals surface area contributed by atoms with Crippen LogP contribution in [0.3, 0.4) is 0 Å². The smallest absolute Gasteiger partial charge is 0.420 e. The van der Waals surface area contributed by atoms with Gasteiger partial charge in [0.1, 0.15) is 11.3 Å². The van der Waals surface area contributed by atoms with E-state index in [4.69, 9.17) is 15.6 Å². The standard InChI is InChI=1S/C26H34F3NO3/c1-24(2,3)17-6-9-19(10-7-17)33-21-12-5-16-15-18(25(4,30)14-13-22(31)32)8-11-20(16)23(21)26(27,28)29/h5,8,11-12,15,17,19H,6-7,9-10,13-14,30H2,1-4H3,(H,31,32)/t17-,19-,25?. The van der Waals surface area contributed by atoms with E-state index in [1.807, 2.05) is 0 Å². The summed E-state index contributed by atoms with van der Waals surface area (Å²) in [5, 5.41) is 9.40. The fourth-order valence-electron chi connectivity index (χ4n) is 4.79. The van der Waals surface area contributed by atoms with Gasteiger partial charge in [0.2, 0.25) is 0 Å². The number of alkyl halides is 3. The Hall–Kier alpha value is -2.28. The first-order valence-corrected chi connectivity index (χ1v) is 11.5. The lowest BCUT2D eigenvalue weighted by molar-refractivity contribution is -0.138. The Balaban J connectivity index is 1.90. The van der Waals surface area contributed by atoms with Crippen LogP contribution in [0.1, 0.15) is 77.3 Å². The van der Waals surface area contributed by atoms with E-state index >= 15 is 0 Å². The molecule has 0 aromatic heterocycles. The van der Waals surface area contributed by atoms with Gasteiger partial charge in [-0.2, -0.15) is 13.2 Å². The van der Waals surface area contributed by atoms with E-state index < -0.39 is 23.2 Å². The first kappa shape index (κ1) is 25.3. The van der Waals surface area contributed by atoms with E-state index in [9.17, 15) is 18.0 Å². The Bertz CT molecular complexity index is 1000. The zero-order chi connectivity index (χ0) is 24.6. The Labute approximate surface area is 193 Å². The van der Waals surface area contributed by atoms with Gasteiger partial charge in [-0.1, -0.05) is 39.0 Å². The number of ether oxygens (including phenoxy) is 1. The predicted octanol–water partition coefficient (Wildman–Crippen LogP) is 6.88. The first-order valence-electron chi connectivity index (χ1n) is 11.5. The number of carboxylic acid groups (broad SMARTS) is 1. The molecule has 2 aromatic carbocycles. The lowest BCUT2D eigenvalue weighted by atomic mass is 9.72. The Morgan fingerprint density at radius 3 is 2.24 bits per heavy atom. The number of rotatable bonds is 6. The molecule has 0 bridgehead atoms. The molecule has 0 amide bonds. The minimum absolute atomic E-state index is 0.0566. The number of nitrogens with two attached hydrogens (primary N) is 1. The van der Waals surface area contributed by atoms with Gasteiger partial charge in [-0.25, -0.2) is 0 Å². The van der Waals surface area contributed by atoms with Crippen LogP contribution < -0.4 is 10.5 Å². The maximum Gasteiger partial charge on any atom is 0.420 e. The van der Waals surface area contributed by atoms with Crippen LogP contribution in [0.2, 0.25) is 0 Å². The van der Waals surface area contributed by atoms with Crippen molar-refractivity contribution in [2.45, 2.75) is 84.0 Å². The molecule has 1 fully saturated rings. The zero-order valence-corrected chi connectivity index (χ0v) is 19.8. The molecule has 3 rings (SSSR count). The molecule has 2 aromatic rings. The molecule has 0 spiro atoms. The van der Waals surface area contributed by atoms with Crippen LogP contribution in [-0.4, -0.2) is 17.2 Å². The monoisotopic (exact) mass is 465 g/mol. The SMILES string of the molecule is CC(N)(CCC(=O)O)c1ccc2c(C(F)(F)F)c(O[C@H]3CC[C@H](C(C)(C)C)CC3)ccc2c1. The molecular formula is C26H34F3NO3. The quantitative estimate of drug-likeness (QED) is 0.488. The van der Waals surface area contributed by atoms with Crippen molar-refractivity contribution in [3.05, 3.63) is 41.5 Å². The zero-order valence-electron chi connectivity index (χ0n) is 19.8. The van der Waals surface area contributed by atoms with Crippen LogP contribution in [0, 0.1) is 11.3 Å². The Morgan fingerprint density at radius 2 is 1.70 bits per heavy atom. The molecule has 0 heterocycles. The molecule has 7 heteroatoms. The van der Waals surface area contributed by atoms with Gasteiger partial charge in [0.25, 0.3) is 0 Å². The summed E-state index contributed by atoms with van der Waals surface area (Å²) in [6.45, 7) is 8.29. The van der Waals surface area contributed by atoms with E-state index in [1.165, 1.54) is 12.1 Å². The lowest BCUT2D eigenvalue weighted by Gasteiger charge is -2.37. The van der Waals surface area contributed by atoms with Crippen molar-refractivity contribution in [1.82, 2.24) is 0 Å². The van der Waals surface area contributed by atoms with Gasteiger partial charge in [-0.3, -0.25) is 4.79 Å². The van der Waals surface area contributed by atoms with Crippen molar-refractivity contribution in [3.63, 3.8) is 0 Å². The predicted molar refractivity (Wildman–Crippen MR) is 123 cm³/mol. The van der Waals surface area contributed by atoms with Crippen molar-refractivity contribution >= 4 is 16.7 Å². The third-order valence-electron chi connectivity index (χ3n) is 6.98. The first-order chi connectivity index (χ1) is 15.2.